The lowest BCUT2D eigenvalue weighted by molar-refractivity contribution is 0.323. The van der Waals surface area contributed by atoms with Crippen LogP contribution >= 0.6 is 0 Å². The first-order valence-electron chi connectivity index (χ1n) is 4.48. The van der Waals surface area contributed by atoms with Crippen LogP contribution in [-0.4, -0.2) is 18.0 Å². The summed E-state index contributed by atoms with van der Waals surface area (Å²) >= 11 is 0. The van der Waals surface area contributed by atoms with E-state index in [0.29, 0.717) is 0 Å². The van der Waals surface area contributed by atoms with Crippen molar-refractivity contribution >= 4 is 0 Å². The topological polar surface area (TPSA) is 3.24 Å². The minimum atomic E-state index is 1.28. The minimum Gasteiger partial charge on any atom is -0.296 e. The van der Waals surface area contributed by atoms with Gasteiger partial charge >= 0.3 is 0 Å². The van der Waals surface area contributed by atoms with E-state index in [1.165, 1.54) is 38.8 Å². The molecule has 1 saturated carbocycles. The fourth-order valence-corrected chi connectivity index (χ4v) is 1.34. The number of hydrogen-bond acceptors (Lipinski definition) is 1. The van der Waals surface area contributed by atoms with Crippen LogP contribution in [0.4, 0.5) is 0 Å². The van der Waals surface area contributed by atoms with E-state index in [1.807, 2.05) is 0 Å². The number of nitrogens with zero attached hydrogens (tertiary/aromatic N) is 1. The van der Waals surface area contributed by atoms with Gasteiger partial charge in [0.15, 0.2) is 0 Å². The van der Waals surface area contributed by atoms with Crippen molar-refractivity contribution in [3.05, 3.63) is 6.04 Å². The summed E-state index contributed by atoms with van der Waals surface area (Å²) in [6, 6.07) is 1.70. The van der Waals surface area contributed by atoms with Crippen LogP contribution in [0, 0.1) is 6.04 Å². The lowest BCUT2D eigenvalue weighted by atomic mass is 10.3. The van der Waals surface area contributed by atoms with E-state index in [-0.39, 0.29) is 0 Å². The van der Waals surface area contributed by atoms with Crippen LogP contribution in [0.2, 0.25) is 0 Å². The second-order valence-corrected chi connectivity index (χ2v) is 3.05. The monoisotopic (exact) mass is 140 g/mol. The van der Waals surface area contributed by atoms with E-state index in [0.717, 1.165) is 0 Å². The summed E-state index contributed by atoms with van der Waals surface area (Å²) in [5.74, 6) is 0. The van der Waals surface area contributed by atoms with Crippen molar-refractivity contribution < 1.29 is 0 Å². The van der Waals surface area contributed by atoms with Gasteiger partial charge in [-0.1, -0.05) is 13.8 Å². The summed E-state index contributed by atoms with van der Waals surface area (Å²) in [6.07, 6.45) is 5.34. The lowest BCUT2D eigenvalue weighted by Crippen LogP contribution is -2.23. The molecule has 1 fully saturated rings. The van der Waals surface area contributed by atoms with Gasteiger partial charge in [0.05, 0.1) is 0 Å². The molecule has 10 heavy (non-hydrogen) atoms. The maximum absolute atomic E-state index is 2.56. The van der Waals surface area contributed by atoms with Crippen LogP contribution in [0.25, 0.3) is 0 Å². The highest BCUT2D eigenvalue weighted by Crippen LogP contribution is 2.35. The number of hydrogen-bond donors (Lipinski definition) is 0. The Bertz CT molecular complexity index is 80.7. The van der Waals surface area contributed by atoms with Gasteiger partial charge in [0.2, 0.25) is 0 Å². The van der Waals surface area contributed by atoms with Crippen LogP contribution in [0.5, 0.6) is 0 Å². The van der Waals surface area contributed by atoms with Crippen molar-refractivity contribution in [2.75, 3.05) is 13.1 Å². The molecule has 0 atom stereocenters. The molecule has 0 unspecified atom stereocenters. The molecular weight excluding hydrogens is 122 g/mol. The molecule has 1 heteroatoms. The van der Waals surface area contributed by atoms with Gasteiger partial charge in [-0.05, 0) is 38.8 Å². The van der Waals surface area contributed by atoms with Crippen molar-refractivity contribution in [1.82, 2.24) is 4.90 Å². The molecule has 1 radical (unpaired) electrons. The Balaban J connectivity index is 2.13. The SMILES string of the molecule is CCCN(CCC)[C]1CC1. The van der Waals surface area contributed by atoms with Crippen LogP contribution in [0.15, 0.2) is 0 Å². The van der Waals surface area contributed by atoms with Gasteiger partial charge in [0.25, 0.3) is 0 Å². The van der Waals surface area contributed by atoms with Crippen LogP contribution in [-0.2, 0) is 0 Å². The largest absolute Gasteiger partial charge is 0.296 e. The highest BCUT2D eigenvalue weighted by Gasteiger charge is 2.28. The fourth-order valence-electron chi connectivity index (χ4n) is 1.34. The van der Waals surface area contributed by atoms with Gasteiger partial charge in [0.1, 0.15) is 0 Å². The van der Waals surface area contributed by atoms with E-state index < -0.39 is 0 Å². The fraction of sp³-hybridized carbons (Fsp3) is 0.889. The molecule has 0 aliphatic heterocycles. The van der Waals surface area contributed by atoms with Crippen molar-refractivity contribution in [3.8, 4) is 0 Å². The summed E-state index contributed by atoms with van der Waals surface area (Å²) < 4.78 is 0. The maximum atomic E-state index is 2.56. The third-order valence-corrected chi connectivity index (χ3v) is 1.91. The molecule has 0 saturated heterocycles. The van der Waals surface area contributed by atoms with Crippen molar-refractivity contribution in [2.45, 2.75) is 39.5 Å². The Kier molecular flexibility index (Phi) is 3.20. The quantitative estimate of drug-likeness (QED) is 0.567. The molecule has 0 amide bonds. The minimum absolute atomic E-state index is 1.28. The zero-order valence-corrected chi connectivity index (χ0v) is 7.19. The second kappa shape index (κ2) is 3.97. The smallest absolute Gasteiger partial charge is 0.0394 e. The molecule has 1 aliphatic rings. The Morgan fingerprint density at radius 3 is 1.90 bits per heavy atom. The van der Waals surface area contributed by atoms with E-state index in [9.17, 15) is 0 Å². The third kappa shape index (κ3) is 2.30. The molecule has 0 aromatic carbocycles. The molecule has 1 rings (SSSR count). The summed E-state index contributed by atoms with van der Waals surface area (Å²) in [4.78, 5) is 2.56. The van der Waals surface area contributed by atoms with Crippen LogP contribution < -0.4 is 0 Å². The summed E-state index contributed by atoms with van der Waals surface area (Å²) in [7, 11) is 0. The van der Waals surface area contributed by atoms with E-state index >= 15 is 0 Å². The highest BCUT2D eigenvalue weighted by atomic mass is 15.2. The summed E-state index contributed by atoms with van der Waals surface area (Å²) in [5.41, 5.74) is 0. The Hall–Kier alpha value is -0.0400. The van der Waals surface area contributed by atoms with Gasteiger partial charge in [-0.15, -0.1) is 0 Å². The first kappa shape index (κ1) is 8.06. The highest BCUT2D eigenvalue weighted by molar-refractivity contribution is 5.03. The predicted molar refractivity (Wildman–Crippen MR) is 44.6 cm³/mol. The van der Waals surface area contributed by atoms with Crippen molar-refractivity contribution in [2.24, 2.45) is 0 Å². The first-order chi connectivity index (χ1) is 4.88. The third-order valence-electron chi connectivity index (χ3n) is 1.91. The molecule has 1 nitrogen and oxygen atoms in total. The molecule has 0 N–H and O–H groups in total. The predicted octanol–water partition coefficient (Wildman–Crippen LogP) is 2.43. The molecular formula is C9H18N. The number of rotatable bonds is 5. The van der Waals surface area contributed by atoms with E-state index in [4.69, 9.17) is 0 Å². The zero-order chi connectivity index (χ0) is 7.40. The normalized spacial score (nSPS) is 18.3. The van der Waals surface area contributed by atoms with Gasteiger partial charge < -0.3 is 0 Å². The molecule has 0 spiro atoms. The second-order valence-electron chi connectivity index (χ2n) is 3.05. The molecule has 0 aromatic heterocycles. The lowest BCUT2D eigenvalue weighted by Gasteiger charge is -2.18. The Morgan fingerprint density at radius 2 is 1.60 bits per heavy atom. The van der Waals surface area contributed by atoms with Crippen LogP contribution in [0.1, 0.15) is 39.5 Å². The summed E-state index contributed by atoms with van der Waals surface area (Å²) in [5, 5.41) is 0. The molecule has 0 aromatic rings. The molecule has 59 valence electrons. The van der Waals surface area contributed by atoms with Gasteiger partial charge in [-0.3, -0.25) is 4.90 Å². The van der Waals surface area contributed by atoms with Crippen molar-refractivity contribution in [3.63, 3.8) is 0 Å². The average Bonchev–Trinajstić information content (AvgIpc) is 2.69. The van der Waals surface area contributed by atoms with Crippen LogP contribution in [0.3, 0.4) is 0 Å². The standard InChI is InChI=1S/C9H18N/c1-3-7-10(8-4-2)9-5-6-9/h3-8H2,1-2H3. The first-order valence-corrected chi connectivity index (χ1v) is 4.48. The van der Waals surface area contributed by atoms with Gasteiger partial charge in [-0.2, -0.15) is 0 Å². The maximum Gasteiger partial charge on any atom is 0.0394 e. The van der Waals surface area contributed by atoms with Crippen molar-refractivity contribution in [1.29, 1.82) is 0 Å². The Labute approximate surface area is 64.4 Å². The summed E-state index contributed by atoms with van der Waals surface area (Å²) in [6.45, 7) is 7.07. The molecule has 1 aliphatic carbocycles. The molecule has 0 heterocycles. The average molecular weight is 140 g/mol. The van der Waals surface area contributed by atoms with Gasteiger partial charge in [-0.25, -0.2) is 0 Å². The zero-order valence-electron chi connectivity index (χ0n) is 7.19. The van der Waals surface area contributed by atoms with Gasteiger partial charge in [0, 0.05) is 6.04 Å². The molecule has 0 bridgehead atoms. The van der Waals surface area contributed by atoms with E-state index in [2.05, 4.69) is 18.7 Å². The van der Waals surface area contributed by atoms with E-state index in [1.54, 1.807) is 6.04 Å². The Morgan fingerprint density at radius 1 is 1.10 bits per heavy atom.